The molecule has 0 aliphatic rings. The van der Waals surface area contributed by atoms with Crippen molar-refractivity contribution in [3.05, 3.63) is 45.9 Å². The van der Waals surface area contributed by atoms with Crippen molar-refractivity contribution in [1.29, 1.82) is 0 Å². The van der Waals surface area contributed by atoms with Crippen molar-refractivity contribution in [3.8, 4) is 5.75 Å². The van der Waals surface area contributed by atoms with Crippen LogP contribution in [0, 0.1) is 0 Å². The smallest absolute Gasteiger partial charge is 0.268 e. The van der Waals surface area contributed by atoms with Crippen molar-refractivity contribution in [1.82, 2.24) is 8.75 Å². The Labute approximate surface area is 156 Å². The SMILES string of the molecule is CC(C)(Oc1ccc(Br)cc1)C(=O)Nc1c(Cl)ccc2nsnc12. The lowest BCUT2D eigenvalue weighted by atomic mass is 10.1. The molecule has 0 aliphatic heterocycles. The number of halogens is 2. The number of rotatable bonds is 4. The fourth-order valence-electron chi connectivity index (χ4n) is 2.05. The Morgan fingerprint density at radius 2 is 1.92 bits per heavy atom. The maximum absolute atomic E-state index is 12.7. The summed E-state index contributed by atoms with van der Waals surface area (Å²) in [6, 6.07) is 10.7. The second-order valence-electron chi connectivity index (χ2n) is 5.57. The Bertz CT molecular complexity index is 896. The molecule has 0 fully saturated rings. The molecule has 0 spiro atoms. The highest BCUT2D eigenvalue weighted by molar-refractivity contribution is 9.10. The van der Waals surface area contributed by atoms with Crippen LogP contribution in [0.25, 0.3) is 11.0 Å². The van der Waals surface area contributed by atoms with Gasteiger partial charge in [0.15, 0.2) is 5.60 Å². The molecule has 8 heteroatoms. The summed E-state index contributed by atoms with van der Waals surface area (Å²) in [5.41, 5.74) is 0.606. The highest BCUT2D eigenvalue weighted by Crippen LogP contribution is 2.31. The van der Waals surface area contributed by atoms with Crippen molar-refractivity contribution in [2.24, 2.45) is 0 Å². The first-order valence-electron chi connectivity index (χ1n) is 7.03. The topological polar surface area (TPSA) is 64.1 Å². The first-order valence-corrected chi connectivity index (χ1v) is 8.94. The van der Waals surface area contributed by atoms with Gasteiger partial charge in [0.05, 0.1) is 22.4 Å². The van der Waals surface area contributed by atoms with Crippen LogP contribution in [0.5, 0.6) is 5.75 Å². The first kappa shape index (κ1) is 17.1. The van der Waals surface area contributed by atoms with Gasteiger partial charge in [0.2, 0.25) is 0 Å². The molecule has 124 valence electrons. The number of fused-ring (bicyclic) bond motifs is 1. The number of benzene rings is 2. The summed E-state index contributed by atoms with van der Waals surface area (Å²) in [6.07, 6.45) is 0. The molecular formula is C16H13BrClN3O2S. The number of ether oxygens (including phenoxy) is 1. The molecule has 1 N–H and O–H groups in total. The summed E-state index contributed by atoms with van der Waals surface area (Å²) in [5, 5.41) is 3.22. The molecule has 0 aliphatic carbocycles. The van der Waals surface area contributed by atoms with Gasteiger partial charge in [-0.1, -0.05) is 27.5 Å². The lowest BCUT2D eigenvalue weighted by Gasteiger charge is -2.25. The number of hydrogen-bond acceptors (Lipinski definition) is 5. The van der Waals surface area contributed by atoms with Gasteiger partial charge in [-0.2, -0.15) is 8.75 Å². The molecule has 5 nitrogen and oxygen atoms in total. The zero-order valence-electron chi connectivity index (χ0n) is 12.8. The highest BCUT2D eigenvalue weighted by atomic mass is 79.9. The standard InChI is InChI=1S/C16H13BrClN3O2S/c1-16(2,23-10-5-3-9(17)4-6-10)15(22)19-13-11(18)7-8-12-14(13)21-24-20-12/h3-8H,1-2H3,(H,19,22). The van der Waals surface area contributed by atoms with Crippen LogP contribution in [0.1, 0.15) is 13.8 Å². The van der Waals surface area contributed by atoms with E-state index in [9.17, 15) is 4.79 Å². The van der Waals surface area contributed by atoms with Crippen LogP contribution in [0.3, 0.4) is 0 Å². The molecule has 2 aromatic carbocycles. The fourth-order valence-corrected chi connectivity index (χ4v) is 3.06. The average Bonchev–Trinajstić information content (AvgIpc) is 3.01. The quantitative estimate of drug-likeness (QED) is 0.644. The average molecular weight is 427 g/mol. The van der Waals surface area contributed by atoms with Crippen molar-refractivity contribution < 1.29 is 9.53 Å². The Hall–Kier alpha value is -1.70. The summed E-state index contributed by atoms with van der Waals surface area (Å²) in [4.78, 5) is 12.7. The molecule has 3 aromatic rings. The van der Waals surface area contributed by atoms with Gasteiger partial charge in [0.25, 0.3) is 5.91 Å². The minimum Gasteiger partial charge on any atom is -0.478 e. The van der Waals surface area contributed by atoms with Crippen molar-refractivity contribution >= 4 is 61.9 Å². The summed E-state index contributed by atoms with van der Waals surface area (Å²) in [7, 11) is 0. The van der Waals surface area contributed by atoms with E-state index in [1.165, 1.54) is 0 Å². The van der Waals surface area contributed by atoms with E-state index in [4.69, 9.17) is 16.3 Å². The van der Waals surface area contributed by atoms with Crippen LogP contribution in [0.2, 0.25) is 5.02 Å². The minimum atomic E-state index is -1.09. The van der Waals surface area contributed by atoms with Crippen molar-refractivity contribution in [2.45, 2.75) is 19.4 Å². The number of nitrogens with zero attached hydrogens (tertiary/aromatic N) is 2. The zero-order chi connectivity index (χ0) is 17.3. The third-order valence-corrected chi connectivity index (χ3v) is 4.74. The Morgan fingerprint density at radius 3 is 2.62 bits per heavy atom. The summed E-state index contributed by atoms with van der Waals surface area (Å²) in [5.74, 6) is 0.269. The van der Waals surface area contributed by atoms with Crippen LogP contribution in [-0.2, 0) is 4.79 Å². The maximum Gasteiger partial charge on any atom is 0.268 e. The number of nitrogens with one attached hydrogen (secondary N) is 1. The van der Waals surface area contributed by atoms with Crippen LogP contribution >= 0.6 is 39.3 Å². The van der Waals surface area contributed by atoms with Gasteiger partial charge in [-0.05, 0) is 50.2 Å². The van der Waals surface area contributed by atoms with Gasteiger partial charge in [-0.3, -0.25) is 4.79 Å². The summed E-state index contributed by atoms with van der Waals surface area (Å²) in [6.45, 7) is 3.38. The lowest BCUT2D eigenvalue weighted by molar-refractivity contribution is -0.128. The molecule has 0 saturated heterocycles. The highest BCUT2D eigenvalue weighted by Gasteiger charge is 2.31. The number of hydrogen-bond donors (Lipinski definition) is 1. The van der Waals surface area contributed by atoms with E-state index in [2.05, 4.69) is 30.0 Å². The van der Waals surface area contributed by atoms with Crippen LogP contribution in [-0.4, -0.2) is 20.3 Å². The lowest BCUT2D eigenvalue weighted by Crippen LogP contribution is -2.42. The third kappa shape index (κ3) is 3.53. The number of aromatic nitrogens is 2. The van der Waals surface area contributed by atoms with Crippen molar-refractivity contribution in [3.63, 3.8) is 0 Å². The van der Waals surface area contributed by atoms with Crippen molar-refractivity contribution in [2.75, 3.05) is 5.32 Å². The molecular weight excluding hydrogens is 414 g/mol. The molecule has 0 bridgehead atoms. The first-order chi connectivity index (χ1) is 11.4. The van der Waals surface area contributed by atoms with Gasteiger partial charge < -0.3 is 10.1 Å². The maximum atomic E-state index is 12.7. The molecule has 1 aromatic heterocycles. The minimum absolute atomic E-state index is 0.326. The van der Waals surface area contributed by atoms with E-state index in [0.717, 1.165) is 16.2 Å². The van der Waals surface area contributed by atoms with E-state index in [-0.39, 0.29) is 5.91 Å². The largest absolute Gasteiger partial charge is 0.478 e. The summed E-state index contributed by atoms with van der Waals surface area (Å²) < 4.78 is 15.1. The van der Waals surface area contributed by atoms with Gasteiger partial charge in [-0.25, -0.2) is 0 Å². The third-order valence-electron chi connectivity index (χ3n) is 3.35. The normalized spacial score (nSPS) is 11.5. The molecule has 24 heavy (non-hydrogen) atoms. The van der Waals surface area contributed by atoms with Crippen LogP contribution < -0.4 is 10.1 Å². The second-order valence-corrected chi connectivity index (χ2v) is 7.43. The summed E-state index contributed by atoms with van der Waals surface area (Å²) >= 11 is 10.6. The predicted octanol–water partition coefficient (Wildman–Crippen LogP) is 4.90. The second kappa shape index (κ2) is 6.66. The zero-order valence-corrected chi connectivity index (χ0v) is 16.0. The molecule has 0 radical (unpaired) electrons. The van der Waals surface area contributed by atoms with Gasteiger partial charge >= 0.3 is 0 Å². The van der Waals surface area contributed by atoms with E-state index < -0.39 is 5.60 Å². The predicted molar refractivity (Wildman–Crippen MR) is 99.9 cm³/mol. The Kier molecular flexibility index (Phi) is 4.76. The van der Waals surface area contributed by atoms with E-state index in [1.54, 1.807) is 38.1 Å². The van der Waals surface area contributed by atoms with Crippen LogP contribution in [0.4, 0.5) is 5.69 Å². The van der Waals surface area contributed by atoms with E-state index in [0.29, 0.717) is 27.5 Å². The number of amides is 1. The Morgan fingerprint density at radius 1 is 1.21 bits per heavy atom. The molecule has 0 saturated carbocycles. The molecule has 1 amide bonds. The van der Waals surface area contributed by atoms with Crippen LogP contribution in [0.15, 0.2) is 40.9 Å². The monoisotopic (exact) mass is 425 g/mol. The van der Waals surface area contributed by atoms with Gasteiger partial charge in [0.1, 0.15) is 16.8 Å². The Balaban J connectivity index is 1.83. The number of anilines is 1. The molecule has 0 unspecified atom stereocenters. The number of carbonyl (C=O) groups excluding carboxylic acids is 1. The van der Waals surface area contributed by atoms with Gasteiger partial charge in [0, 0.05) is 4.47 Å². The fraction of sp³-hybridized carbons (Fsp3) is 0.188. The van der Waals surface area contributed by atoms with E-state index in [1.807, 2.05) is 12.1 Å². The molecule has 0 atom stereocenters. The number of carbonyl (C=O) groups is 1. The van der Waals surface area contributed by atoms with Gasteiger partial charge in [-0.15, -0.1) is 0 Å². The molecule has 1 heterocycles. The molecule has 3 rings (SSSR count). The van der Waals surface area contributed by atoms with E-state index >= 15 is 0 Å².